The number of aromatic nitrogens is 3. The van der Waals surface area contributed by atoms with Gasteiger partial charge >= 0.3 is 6.18 Å². The number of aryl methyl sites for hydroxylation is 1. The van der Waals surface area contributed by atoms with Crippen LogP contribution in [-0.2, 0) is 19.4 Å². The molecule has 3 aromatic heterocycles. The quantitative estimate of drug-likeness (QED) is 0.289. The summed E-state index contributed by atoms with van der Waals surface area (Å²) in [5, 5.41) is 8.55. The lowest BCUT2D eigenvalue weighted by molar-refractivity contribution is -0.127. The molecule has 1 saturated heterocycles. The van der Waals surface area contributed by atoms with Gasteiger partial charge in [0.05, 0.1) is 29.4 Å². The standard InChI is InChI=1S/C30H29ClF3N5OS/c31-20-10-19-3-1-8-38(21-14-29(36-16-21)5-2-6-29)27(19)24(11-20)23-4-7-35-25-12-22(41-28(23)25)17-39-26(40)9-18(15-37-39)13-30(32,33)34/h4,7,9-12,15,21,36H,1-3,5-6,8,13-14,16-17H2/t21-/m0/s1. The van der Waals surface area contributed by atoms with Crippen molar-refractivity contribution < 1.29 is 13.2 Å². The van der Waals surface area contributed by atoms with Crippen LogP contribution in [0.4, 0.5) is 18.9 Å². The van der Waals surface area contributed by atoms with E-state index in [0.29, 0.717) is 16.6 Å². The molecule has 4 aromatic rings. The maximum atomic E-state index is 12.8. The van der Waals surface area contributed by atoms with Crippen LogP contribution in [0.1, 0.15) is 48.1 Å². The monoisotopic (exact) mass is 599 g/mol. The largest absolute Gasteiger partial charge is 0.393 e. The Labute approximate surface area is 244 Å². The molecule has 7 rings (SSSR count). The summed E-state index contributed by atoms with van der Waals surface area (Å²) in [6.45, 7) is 2.15. The van der Waals surface area contributed by atoms with Crippen molar-refractivity contribution >= 4 is 38.8 Å². The molecule has 0 radical (unpaired) electrons. The number of alkyl halides is 3. The lowest BCUT2D eigenvalue weighted by Crippen LogP contribution is -2.46. The van der Waals surface area contributed by atoms with Crippen LogP contribution in [0.3, 0.4) is 0 Å². The van der Waals surface area contributed by atoms with Crippen LogP contribution >= 0.6 is 22.9 Å². The molecule has 3 aliphatic rings. The zero-order valence-corrected chi connectivity index (χ0v) is 23.9. The fourth-order valence-corrected chi connectivity index (χ4v) is 8.15. The number of thiophene rings is 1. The second-order valence-corrected chi connectivity index (χ2v) is 13.1. The van der Waals surface area contributed by atoms with Crippen molar-refractivity contribution in [3.05, 3.63) is 74.1 Å². The van der Waals surface area contributed by atoms with E-state index in [2.05, 4.69) is 32.4 Å². The summed E-state index contributed by atoms with van der Waals surface area (Å²) in [5.74, 6) is 0. The van der Waals surface area contributed by atoms with Crippen LogP contribution in [0.5, 0.6) is 0 Å². The molecule has 2 fully saturated rings. The van der Waals surface area contributed by atoms with Gasteiger partial charge in [-0.15, -0.1) is 11.3 Å². The minimum atomic E-state index is -4.39. The molecule has 41 heavy (non-hydrogen) atoms. The first-order valence-corrected chi connectivity index (χ1v) is 15.2. The smallest absolute Gasteiger partial charge is 0.366 e. The Hall–Kier alpha value is -2.95. The van der Waals surface area contributed by atoms with Crippen molar-refractivity contribution in [2.45, 2.75) is 69.2 Å². The first-order chi connectivity index (χ1) is 19.7. The number of nitrogens with one attached hydrogen (secondary N) is 1. The summed E-state index contributed by atoms with van der Waals surface area (Å²) >= 11 is 8.21. The maximum absolute atomic E-state index is 12.8. The molecule has 1 N–H and O–H groups in total. The molecule has 1 aromatic carbocycles. The summed E-state index contributed by atoms with van der Waals surface area (Å²) in [5.41, 5.74) is 5.06. The Morgan fingerprint density at radius 3 is 2.73 bits per heavy atom. The van der Waals surface area contributed by atoms with E-state index in [1.165, 1.54) is 46.5 Å². The predicted molar refractivity (Wildman–Crippen MR) is 156 cm³/mol. The zero-order chi connectivity index (χ0) is 28.4. The third-order valence-electron chi connectivity index (χ3n) is 8.77. The third-order valence-corrected chi connectivity index (χ3v) is 10.1. The highest BCUT2D eigenvalue weighted by molar-refractivity contribution is 7.19. The average Bonchev–Trinajstić information content (AvgIpc) is 3.53. The SMILES string of the molecule is O=c1cc(CC(F)(F)F)cnn1Cc1cc2nccc(-c3cc(Cl)cc4c3N([C@@H]3CNC5(CCC5)C3)CCC4)c2s1. The normalized spacial score (nSPS) is 20.0. The van der Waals surface area contributed by atoms with Gasteiger partial charge in [-0.25, -0.2) is 4.68 Å². The van der Waals surface area contributed by atoms with Gasteiger partial charge in [0.25, 0.3) is 5.56 Å². The number of fused-ring (bicyclic) bond motifs is 2. The summed E-state index contributed by atoms with van der Waals surface area (Å²) in [4.78, 5) is 20.6. The van der Waals surface area contributed by atoms with Crippen LogP contribution in [0.15, 0.2) is 47.5 Å². The number of benzene rings is 1. The molecule has 1 spiro atoms. The molecule has 2 aliphatic heterocycles. The molecule has 5 heterocycles. The minimum absolute atomic E-state index is 0.144. The van der Waals surface area contributed by atoms with Gasteiger partial charge in [-0.2, -0.15) is 18.3 Å². The van der Waals surface area contributed by atoms with E-state index >= 15 is 0 Å². The number of halogens is 4. The third kappa shape index (κ3) is 5.15. The molecule has 1 atom stereocenters. The second-order valence-electron chi connectivity index (χ2n) is 11.6. The Morgan fingerprint density at radius 2 is 2.00 bits per heavy atom. The van der Waals surface area contributed by atoms with Crippen LogP contribution in [0, 0.1) is 0 Å². The molecule has 1 saturated carbocycles. The maximum Gasteiger partial charge on any atom is 0.393 e. The summed E-state index contributed by atoms with van der Waals surface area (Å²) < 4.78 is 40.4. The van der Waals surface area contributed by atoms with Crippen molar-refractivity contribution in [1.82, 2.24) is 20.1 Å². The Bertz CT molecular complexity index is 1700. The molecule has 6 nitrogen and oxygen atoms in total. The Kier molecular flexibility index (Phi) is 6.63. The van der Waals surface area contributed by atoms with Gasteiger partial charge in [0.2, 0.25) is 0 Å². The van der Waals surface area contributed by atoms with E-state index in [-0.39, 0.29) is 12.1 Å². The summed E-state index contributed by atoms with van der Waals surface area (Å²) in [6.07, 6.45) is 4.38. The van der Waals surface area contributed by atoms with E-state index in [1.807, 2.05) is 12.1 Å². The molecular weight excluding hydrogens is 571 g/mol. The van der Waals surface area contributed by atoms with Gasteiger partial charge in [-0.05, 0) is 73.9 Å². The molecule has 1 aliphatic carbocycles. The van der Waals surface area contributed by atoms with Gasteiger partial charge in [-0.3, -0.25) is 9.78 Å². The van der Waals surface area contributed by atoms with E-state index in [4.69, 9.17) is 11.6 Å². The van der Waals surface area contributed by atoms with E-state index in [0.717, 1.165) is 70.8 Å². The molecule has 214 valence electrons. The van der Waals surface area contributed by atoms with Crippen LogP contribution < -0.4 is 15.8 Å². The number of pyridine rings is 1. The van der Waals surface area contributed by atoms with Gasteiger partial charge in [0.1, 0.15) is 0 Å². The highest BCUT2D eigenvalue weighted by Crippen LogP contribution is 2.47. The highest BCUT2D eigenvalue weighted by Gasteiger charge is 2.45. The topological polar surface area (TPSA) is 63.1 Å². The lowest BCUT2D eigenvalue weighted by atomic mass is 9.75. The Balaban J connectivity index is 1.25. The molecule has 11 heteroatoms. The van der Waals surface area contributed by atoms with Crippen molar-refractivity contribution in [2.75, 3.05) is 18.0 Å². The van der Waals surface area contributed by atoms with Crippen LogP contribution in [-0.4, -0.2) is 45.6 Å². The van der Waals surface area contributed by atoms with Crippen LogP contribution in [0.25, 0.3) is 21.3 Å². The predicted octanol–water partition coefficient (Wildman–Crippen LogP) is 6.36. The molecule has 0 bridgehead atoms. The van der Waals surface area contributed by atoms with Crippen molar-refractivity contribution in [3.8, 4) is 11.1 Å². The number of hydrogen-bond acceptors (Lipinski definition) is 6. The molecular formula is C30H29ClF3N5OS. The van der Waals surface area contributed by atoms with E-state index in [1.54, 1.807) is 6.20 Å². The summed E-state index contributed by atoms with van der Waals surface area (Å²) in [7, 11) is 0. The van der Waals surface area contributed by atoms with Gasteiger partial charge in [-0.1, -0.05) is 11.6 Å². The van der Waals surface area contributed by atoms with E-state index in [9.17, 15) is 18.0 Å². The lowest BCUT2D eigenvalue weighted by Gasteiger charge is -2.41. The van der Waals surface area contributed by atoms with E-state index < -0.39 is 18.2 Å². The van der Waals surface area contributed by atoms with Crippen molar-refractivity contribution in [3.63, 3.8) is 0 Å². The van der Waals surface area contributed by atoms with Crippen molar-refractivity contribution in [2.24, 2.45) is 0 Å². The number of nitrogens with zero attached hydrogens (tertiary/aromatic N) is 4. The van der Waals surface area contributed by atoms with Gasteiger partial charge in [0.15, 0.2) is 0 Å². The summed E-state index contributed by atoms with van der Waals surface area (Å²) in [6, 6.07) is 9.56. The zero-order valence-electron chi connectivity index (χ0n) is 22.3. The van der Waals surface area contributed by atoms with Gasteiger partial charge in [0, 0.05) is 63.6 Å². The first-order valence-electron chi connectivity index (χ1n) is 14.0. The van der Waals surface area contributed by atoms with Crippen molar-refractivity contribution in [1.29, 1.82) is 0 Å². The fraction of sp³-hybridized carbons (Fsp3) is 0.433. The second kappa shape index (κ2) is 10.1. The Morgan fingerprint density at radius 1 is 1.15 bits per heavy atom. The number of rotatable bonds is 5. The fourth-order valence-electron chi connectivity index (χ4n) is 6.79. The van der Waals surface area contributed by atoms with Crippen LogP contribution in [0.2, 0.25) is 5.02 Å². The first kappa shape index (κ1) is 26.9. The molecule has 0 amide bonds. The number of hydrogen-bond donors (Lipinski definition) is 1. The minimum Gasteiger partial charge on any atom is -0.366 e. The van der Waals surface area contributed by atoms with Gasteiger partial charge < -0.3 is 10.2 Å². The highest BCUT2D eigenvalue weighted by atomic mass is 35.5. The average molecular weight is 600 g/mol. The molecule has 0 unspecified atom stereocenters. The number of anilines is 1.